The molecule has 1 N–H and O–H groups in total. The second-order valence-electron chi connectivity index (χ2n) is 5.54. The van der Waals surface area contributed by atoms with Crippen molar-refractivity contribution in [1.82, 2.24) is 10.3 Å². The molecule has 0 unspecified atom stereocenters. The lowest BCUT2D eigenvalue weighted by molar-refractivity contribution is -0.148. The van der Waals surface area contributed by atoms with Crippen molar-refractivity contribution in [3.8, 4) is 0 Å². The number of rotatable bonds is 7. The molecule has 6 nitrogen and oxygen atoms in total. The van der Waals surface area contributed by atoms with Crippen molar-refractivity contribution in [3.63, 3.8) is 0 Å². The first-order valence-corrected chi connectivity index (χ1v) is 8.76. The van der Waals surface area contributed by atoms with Crippen LogP contribution in [0.25, 0.3) is 10.2 Å². The van der Waals surface area contributed by atoms with E-state index in [-0.39, 0.29) is 25.0 Å². The number of benzene rings is 1. The van der Waals surface area contributed by atoms with Crippen molar-refractivity contribution in [3.05, 3.63) is 53.4 Å². The van der Waals surface area contributed by atoms with Crippen LogP contribution in [0.4, 0.5) is 0 Å². The van der Waals surface area contributed by atoms with Gasteiger partial charge in [-0.15, -0.1) is 11.3 Å². The molecule has 1 atom stereocenters. The second kappa shape index (κ2) is 7.94. The first-order valence-electron chi connectivity index (χ1n) is 7.94. The summed E-state index contributed by atoms with van der Waals surface area (Å²) in [7, 11) is 0. The number of nitrogens with one attached hydrogen (secondary N) is 1. The number of carbonyl (C=O) groups excluding carboxylic acids is 2. The minimum Gasteiger partial charge on any atom is -0.467 e. The first-order chi connectivity index (χ1) is 12.1. The molecule has 0 saturated heterocycles. The summed E-state index contributed by atoms with van der Waals surface area (Å²) in [6.07, 6.45) is 2.24. The Balaban J connectivity index is 1.41. The van der Waals surface area contributed by atoms with E-state index in [1.165, 1.54) is 0 Å². The van der Waals surface area contributed by atoms with Gasteiger partial charge in [0, 0.05) is 6.42 Å². The van der Waals surface area contributed by atoms with Crippen LogP contribution in [0.5, 0.6) is 0 Å². The van der Waals surface area contributed by atoms with Crippen molar-refractivity contribution >= 4 is 33.4 Å². The molecule has 0 fully saturated rings. The van der Waals surface area contributed by atoms with Gasteiger partial charge in [0.2, 0.25) is 0 Å². The van der Waals surface area contributed by atoms with Gasteiger partial charge in [0.15, 0.2) is 6.61 Å². The highest BCUT2D eigenvalue weighted by atomic mass is 32.1. The van der Waals surface area contributed by atoms with E-state index in [1.807, 2.05) is 24.3 Å². The van der Waals surface area contributed by atoms with Crippen molar-refractivity contribution in [2.45, 2.75) is 25.8 Å². The van der Waals surface area contributed by atoms with Gasteiger partial charge in [-0.1, -0.05) is 12.1 Å². The summed E-state index contributed by atoms with van der Waals surface area (Å²) >= 11 is 1.56. The van der Waals surface area contributed by atoms with Crippen molar-refractivity contribution in [2.24, 2.45) is 0 Å². The number of aromatic nitrogens is 1. The van der Waals surface area contributed by atoms with Gasteiger partial charge in [-0.3, -0.25) is 9.59 Å². The van der Waals surface area contributed by atoms with Gasteiger partial charge in [0.1, 0.15) is 5.76 Å². The fourth-order valence-electron chi connectivity index (χ4n) is 2.35. The molecule has 2 heterocycles. The number of hydrogen-bond acceptors (Lipinski definition) is 6. The van der Waals surface area contributed by atoms with Crippen LogP contribution in [0.15, 0.2) is 47.1 Å². The van der Waals surface area contributed by atoms with Gasteiger partial charge < -0.3 is 14.5 Å². The van der Waals surface area contributed by atoms with Crippen LogP contribution >= 0.6 is 11.3 Å². The predicted octanol–water partition coefficient (Wildman–Crippen LogP) is 3.24. The van der Waals surface area contributed by atoms with Gasteiger partial charge in [-0.2, -0.15) is 0 Å². The maximum absolute atomic E-state index is 11.8. The van der Waals surface area contributed by atoms with E-state index in [0.717, 1.165) is 15.2 Å². The largest absolute Gasteiger partial charge is 0.467 e. The summed E-state index contributed by atoms with van der Waals surface area (Å²) in [5, 5.41) is 3.59. The van der Waals surface area contributed by atoms with Crippen LogP contribution in [0.2, 0.25) is 0 Å². The summed E-state index contributed by atoms with van der Waals surface area (Å²) in [6, 6.07) is 11.1. The number of ether oxygens (including phenoxy) is 1. The number of fused-ring (bicyclic) bond motifs is 1. The molecule has 0 saturated carbocycles. The number of carbonyl (C=O) groups is 2. The molecule has 1 amide bonds. The minimum atomic E-state index is -0.417. The Kier molecular flexibility index (Phi) is 5.45. The molecule has 25 heavy (non-hydrogen) atoms. The maximum atomic E-state index is 11.8. The van der Waals surface area contributed by atoms with E-state index in [0.29, 0.717) is 12.2 Å². The third kappa shape index (κ3) is 4.67. The number of esters is 1. The van der Waals surface area contributed by atoms with Crippen LogP contribution in [0.3, 0.4) is 0 Å². The topological polar surface area (TPSA) is 81.4 Å². The Morgan fingerprint density at radius 1 is 1.28 bits per heavy atom. The zero-order valence-corrected chi connectivity index (χ0v) is 14.5. The zero-order valence-electron chi connectivity index (χ0n) is 13.7. The molecule has 7 heteroatoms. The maximum Gasteiger partial charge on any atom is 0.306 e. The van der Waals surface area contributed by atoms with Gasteiger partial charge in [0.25, 0.3) is 5.91 Å². The molecule has 0 aliphatic rings. The summed E-state index contributed by atoms with van der Waals surface area (Å²) in [4.78, 5) is 28.1. The van der Waals surface area contributed by atoms with Gasteiger partial charge in [-0.25, -0.2) is 4.98 Å². The van der Waals surface area contributed by atoms with Crippen LogP contribution < -0.4 is 5.32 Å². The van der Waals surface area contributed by atoms with Crippen LogP contribution in [-0.2, 0) is 20.7 Å². The molecule has 0 aliphatic carbocycles. The molecule has 0 radical (unpaired) electrons. The summed E-state index contributed by atoms with van der Waals surface area (Å²) < 4.78 is 11.3. The number of furan rings is 1. The van der Waals surface area contributed by atoms with Crippen molar-refractivity contribution < 1.29 is 18.7 Å². The van der Waals surface area contributed by atoms with E-state index >= 15 is 0 Å². The molecule has 0 bridgehead atoms. The number of nitrogens with zero attached hydrogens (tertiary/aromatic N) is 1. The quantitative estimate of drug-likeness (QED) is 0.656. The number of hydrogen-bond donors (Lipinski definition) is 1. The Hall–Kier alpha value is -2.67. The van der Waals surface area contributed by atoms with Gasteiger partial charge in [0.05, 0.1) is 34.0 Å². The summed E-state index contributed by atoms with van der Waals surface area (Å²) in [5.41, 5.74) is 0.933. The fourth-order valence-corrected chi connectivity index (χ4v) is 3.31. The Morgan fingerprint density at radius 2 is 2.12 bits per heavy atom. The van der Waals surface area contributed by atoms with E-state index < -0.39 is 5.97 Å². The molecule has 3 aromatic rings. The number of amides is 1. The fraction of sp³-hybridized carbons (Fsp3) is 0.278. The van der Waals surface area contributed by atoms with E-state index in [2.05, 4.69) is 10.3 Å². The third-order valence-corrected chi connectivity index (χ3v) is 4.69. The summed E-state index contributed by atoms with van der Waals surface area (Å²) in [6.45, 7) is 1.50. The lowest BCUT2D eigenvalue weighted by Crippen LogP contribution is -2.31. The van der Waals surface area contributed by atoms with E-state index in [9.17, 15) is 9.59 Å². The first kappa shape index (κ1) is 17.2. The van der Waals surface area contributed by atoms with Crippen LogP contribution in [0, 0.1) is 0 Å². The Morgan fingerprint density at radius 3 is 2.88 bits per heavy atom. The third-order valence-electron chi connectivity index (χ3n) is 3.59. The second-order valence-corrected chi connectivity index (χ2v) is 6.66. The van der Waals surface area contributed by atoms with Crippen molar-refractivity contribution in [2.75, 3.05) is 6.61 Å². The van der Waals surface area contributed by atoms with Gasteiger partial charge in [-0.05, 0) is 31.2 Å². The lowest BCUT2D eigenvalue weighted by Gasteiger charge is -2.11. The molecule has 130 valence electrons. The molecule has 2 aromatic heterocycles. The van der Waals surface area contributed by atoms with E-state index in [4.69, 9.17) is 9.15 Å². The van der Waals surface area contributed by atoms with Crippen LogP contribution in [-0.4, -0.2) is 23.5 Å². The Labute approximate surface area is 148 Å². The molecular weight excluding hydrogens is 340 g/mol. The number of thiazole rings is 1. The molecule has 0 spiro atoms. The average Bonchev–Trinajstić information content (AvgIpc) is 3.27. The molecular formula is C18H18N2O4S. The monoisotopic (exact) mass is 358 g/mol. The smallest absolute Gasteiger partial charge is 0.306 e. The number of para-hydroxylation sites is 1. The standard InChI is InChI=1S/C18H18N2O4S/c1-12(14-6-4-10-23-14)19-16(21)11-24-18(22)9-8-17-20-13-5-2-3-7-15(13)25-17/h2-7,10,12H,8-9,11H2,1H3,(H,19,21)/t12-/m0/s1. The molecule has 3 rings (SSSR count). The predicted molar refractivity (Wildman–Crippen MR) is 94.2 cm³/mol. The number of aryl methyl sites for hydroxylation is 1. The van der Waals surface area contributed by atoms with Crippen LogP contribution in [0.1, 0.15) is 30.2 Å². The molecule has 0 aliphatic heterocycles. The minimum absolute atomic E-state index is 0.195. The van der Waals surface area contributed by atoms with Crippen molar-refractivity contribution in [1.29, 1.82) is 0 Å². The SMILES string of the molecule is C[C@H](NC(=O)COC(=O)CCc1nc2ccccc2s1)c1ccco1. The van der Waals surface area contributed by atoms with Gasteiger partial charge >= 0.3 is 5.97 Å². The zero-order chi connectivity index (χ0) is 17.6. The average molecular weight is 358 g/mol. The molecule has 1 aromatic carbocycles. The highest BCUT2D eigenvalue weighted by molar-refractivity contribution is 7.18. The summed E-state index contributed by atoms with van der Waals surface area (Å²) in [5.74, 6) is -0.132. The normalized spacial score (nSPS) is 12.0. The van der Waals surface area contributed by atoms with E-state index in [1.54, 1.807) is 36.7 Å². The highest BCUT2D eigenvalue weighted by Crippen LogP contribution is 2.22. The Bertz CT molecular complexity index is 824. The highest BCUT2D eigenvalue weighted by Gasteiger charge is 2.14. The lowest BCUT2D eigenvalue weighted by atomic mass is 10.2.